The van der Waals surface area contributed by atoms with E-state index in [0.29, 0.717) is 5.92 Å². The van der Waals surface area contributed by atoms with Crippen molar-refractivity contribution in [2.24, 2.45) is 5.92 Å². The number of allylic oxidation sites excluding steroid dienone is 6. The van der Waals surface area contributed by atoms with Crippen LogP contribution >= 0.6 is 0 Å². The third-order valence-electron chi connectivity index (χ3n) is 2.90. The van der Waals surface area contributed by atoms with E-state index in [1.54, 1.807) is 0 Å². The maximum atomic E-state index is 3.80. The summed E-state index contributed by atoms with van der Waals surface area (Å²) >= 11 is 0. The van der Waals surface area contributed by atoms with Crippen LogP contribution in [-0.4, -0.2) is 0 Å². The molecule has 0 bridgehead atoms. The lowest BCUT2D eigenvalue weighted by atomic mass is 10.0. The Hall–Kier alpha value is -1.04. The minimum absolute atomic E-state index is 0.656. The summed E-state index contributed by atoms with van der Waals surface area (Å²) in [6.07, 6.45) is 17.9. The van der Waals surface area contributed by atoms with E-state index in [1.807, 2.05) is 12.2 Å². The van der Waals surface area contributed by atoms with Gasteiger partial charge in [-0.25, -0.2) is 0 Å². The van der Waals surface area contributed by atoms with Gasteiger partial charge in [-0.2, -0.15) is 0 Å². The maximum absolute atomic E-state index is 3.80. The second-order valence-corrected chi connectivity index (χ2v) is 4.74. The molecule has 96 valence electrons. The molecule has 0 aliphatic rings. The van der Waals surface area contributed by atoms with Crippen molar-refractivity contribution in [2.45, 2.75) is 52.4 Å². The molecule has 17 heavy (non-hydrogen) atoms. The SMILES string of the molecule is C=CCCC=C(C)CC=CCCCC(C)C=C. The Morgan fingerprint density at radius 2 is 1.88 bits per heavy atom. The normalized spacial score (nSPS) is 13.9. The molecule has 0 saturated carbocycles. The average molecular weight is 232 g/mol. The van der Waals surface area contributed by atoms with Crippen molar-refractivity contribution >= 4 is 0 Å². The highest BCUT2D eigenvalue weighted by atomic mass is 14.0. The van der Waals surface area contributed by atoms with Gasteiger partial charge in [0.25, 0.3) is 0 Å². The zero-order valence-corrected chi connectivity index (χ0v) is 11.6. The van der Waals surface area contributed by atoms with Crippen molar-refractivity contribution in [2.75, 3.05) is 0 Å². The van der Waals surface area contributed by atoms with Crippen LogP contribution in [0.5, 0.6) is 0 Å². The molecule has 0 fully saturated rings. The van der Waals surface area contributed by atoms with Crippen LogP contribution < -0.4 is 0 Å². The summed E-state index contributed by atoms with van der Waals surface area (Å²) in [4.78, 5) is 0. The summed E-state index contributed by atoms with van der Waals surface area (Å²) < 4.78 is 0. The predicted octanol–water partition coefficient (Wildman–Crippen LogP) is 5.84. The first-order valence-corrected chi connectivity index (χ1v) is 6.74. The summed E-state index contributed by atoms with van der Waals surface area (Å²) in [6.45, 7) is 12.0. The monoisotopic (exact) mass is 232 g/mol. The van der Waals surface area contributed by atoms with Crippen LogP contribution in [0.2, 0.25) is 0 Å². The van der Waals surface area contributed by atoms with Gasteiger partial charge in [0, 0.05) is 0 Å². The topological polar surface area (TPSA) is 0 Å². The number of unbranched alkanes of at least 4 members (excludes halogenated alkanes) is 2. The summed E-state index contributed by atoms with van der Waals surface area (Å²) in [7, 11) is 0. The molecule has 0 aliphatic carbocycles. The largest absolute Gasteiger partial charge is 0.103 e. The van der Waals surface area contributed by atoms with Crippen molar-refractivity contribution in [1.82, 2.24) is 0 Å². The van der Waals surface area contributed by atoms with E-state index in [0.717, 1.165) is 19.3 Å². The molecule has 0 saturated heterocycles. The zero-order valence-electron chi connectivity index (χ0n) is 11.6. The summed E-state index contributed by atoms with van der Waals surface area (Å²) in [5.74, 6) is 0.656. The molecular weight excluding hydrogens is 204 g/mol. The first kappa shape index (κ1) is 16.0. The van der Waals surface area contributed by atoms with Gasteiger partial charge in [0.2, 0.25) is 0 Å². The number of rotatable bonds is 10. The number of hydrogen-bond donors (Lipinski definition) is 0. The Balaban J connectivity index is 3.55. The minimum Gasteiger partial charge on any atom is -0.103 e. The van der Waals surface area contributed by atoms with Gasteiger partial charge in [-0.15, -0.1) is 13.2 Å². The van der Waals surface area contributed by atoms with Crippen molar-refractivity contribution in [3.8, 4) is 0 Å². The highest BCUT2D eigenvalue weighted by molar-refractivity contribution is 5.04. The van der Waals surface area contributed by atoms with E-state index in [-0.39, 0.29) is 0 Å². The molecule has 0 N–H and O–H groups in total. The molecule has 0 amide bonds. The van der Waals surface area contributed by atoms with E-state index in [9.17, 15) is 0 Å². The van der Waals surface area contributed by atoms with E-state index in [1.165, 1.54) is 24.8 Å². The van der Waals surface area contributed by atoms with Crippen molar-refractivity contribution in [3.05, 3.63) is 49.1 Å². The molecule has 0 heterocycles. The lowest BCUT2D eigenvalue weighted by Gasteiger charge is -2.02. The Kier molecular flexibility index (Phi) is 10.7. The predicted molar refractivity (Wildman–Crippen MR) is 80.2 cm³/mol. The molecule has 0 aromatic heterocycles. The van der Waals surface area contributed by atoms with Crippen molar-refractivity contribution < 1.29 is 0 Å². The van der Waals surface area contributed by atoms with E-state index < -0.39 is 0 Å². The van der Waals surface area contributed by atoms with Crippen LogP contribution in [0.3, 0.4) is 0 Å². The fourth-order valence-corrected chi connectivity index (χ4v) is 1.59. The van der Waals surface area contributed by atoms with Crippen LogP contribution in [-0.2, 0) is 0 Å². The van der Waals surface area contributed by atoms with Gasteiger partial charge < -0.3 is 0 Å². The molecule has 1 atom stereocenters. The summed E-state index contributed by atoms with van der Waals surface area (Å²) in [5, 5.41) is 0. The van der Waals surface area contributed by atoms with Gasteiger partial charge in [-0.1, -0.05) is 42.9 Å². The smallest absolute Gasteiger partial charge is 0.0142 e. The molecule has 0 heteroatoms. The van der Waals surface area contributed by atoms with Gasteiger partial charge in [-0.05, 0) is 51.4 Å². The average Bonchev–Trinajstić information content (AvgIpc) is 2.33. The molecule has 0 aliphatic heterocycles. The van der Waals surface area contributed by atoms with Crippen LogP contribution in [0.4, 0.5) is 0 Å². The third-order valence-corrected chi connectivity index (χ3v) is 2.90. The van der Waals surface area contributed by atoms with Gasteiger partial charge in [0.1, 0.15) is 0 Å². The standard InChI is InChI=1S/C17H28/c1-5-7-10-14-17(4)15-12-9-8-11-13-16(3)6-2/h5-6,9,12,14,16H,1-2,7-8,10-11,13,15H2,3-4H3. The quantitative estimate of drug-likeness (QED) is 0.328. The van der Waals surface area contributed by atoms with E-state index in [2.05, 4.69) is 45.2 Å². The van der Waals surface area contributed by atoms with Gasteiger partial charge >= 0.3 is 0 Å². The van der Waals surface area contributed by atoms with E-state index in [4.69, 9.17) is 0 Å². The van der Waals surface area contributed by atoms with Crippen LogP contribution in [0.1, 0.15) is 52.4 Å². The Bertz CT molecular complexity index is 255. The Labute approximate surface area is 108 Å². The summed E-state index contributed by atoms with van der Waals surface area (Å²) in [6, 6.07) is 0. The van der Waals surface area contributed by atoms with Gasteiger partial charge in [-0.3, -0.25) is 0 Å². The van der Waals surface area contributed by atoms with Crippen LogP contribution in [0.15, 0.2) is 49.1 Å². The highest BCUT2D eigenvalue weighted by Gasteiger charge is 1.93. The van der Waals surface area contributed by atoms with Crippen molar-refractivity contribution in [3.63, 3.8) is 0 Å². The Morgan fingerprint density at radius 1 is 1.12 bits per heavy atom. The molecule has 0 rings (SSSR count). The highest BCUT2D eigenvalue weighted by Crippen LogP contribution is 2.10. The van der Waals surface area contributed by atoms with Gasteiger partial charge in [0.15, 0.2) is 0 Å². The first-order valence-electron chi connectivity index (χ1n) is 6.74. The molecule has 0 aromatic carbocycles. The molecule has 0 spiro atoms. The van der Waals surface area contributed by atoms with Crippen LogP contribution in [0, 0.1) is 5.92 Å². The molecule has 1 unspecified atom stereocenters. The lowest BCUT2D eigenvalue weighted by Crippen LogP contribution is -1.87. The second kappa shape index (κ2) is 11.4. The van der Waals surface area contributed by atoms with E-state index >= 15 is 0 Å². The second-order valence-electron chi connectivity index (χ2n) is 4.74. The molecular formula is C17H28. The molecule has 0 radical (unpaired) electrons. The fourth-order valence-electron chi connectivity index (χ4n) is 1.59. The first-order chi connectivity index (χ1) is 8.20. The molecule has 0 nitrogen and oxygen atoms in total. The maximum Gasteiger partial charge on any atom is -0.0142 e. The van der Waals surface area contributed by atoms with Crippen LogP contribution in [0.25, 0.3) is 0 Å². The Morgan fingerprint density at radius 3 is 2.53 bits per heavy atom. The molecule has 0 aromatic rings. The summed E-state index contributed by atoms with van der Waals surface area (Å²) in [5.41, 5.74) is 1.46. The van der Waals surface area contributed by atoms with Gasteiger partial charge in [0.05, 0.1) is 0 Å². The fraction of sp³-hybridized carbons (Fsp3) is 0.529. The zero-order chi connectivity index (χ0) is 12.9. The number of hydrogen-bond acceptors (Lipinski definition) is 0. The van der Waals surface area contributed by atoms with Crippen molar-refractivity contribution in [1.29, 1.82) is 0 Å². The lowest BCUT2D eigenvalue weighted by molar-refractivity contribution is 0.613. The minimum atomic E-state index is 0.656. The third kappa shape index (κ3) is 11.2.